The van der Waals surface area contributed by atoms with Gasteiger partial charge in [-0.05, 0) is 15.9 Å². The van der Waals surface area contributed by atoms with Crippen LogP contribution in [0.3, 0.4) is 0 Å². The van der Waals surface area contributed by atoms with E-state index in [9.17, 15) is 8.42 Å². The molecule has 0 bridgehead atoms. The number of hydrogen-bond donors (Lipinski definition) is 1. The minimum absolute atomic E-state index is 0.207. The third kappa shape index (κ3) is 1.50. The topological polar surface area (TPSA) is 88.6 Å². The summed E-state index contributed by atoms with van der Waals surface area (Å²) in [6, 6.07) is 0. The maximum atomic E-state index is 11.1. The van der Waals surface area contributed by atoms with Crippen molar-refractivity contribution in [3.05, 3.63) is 10.8 Å². The van der Waals surface area contributed by atoms with Crippen LogP contribution in [-0.4, -0.2) is 34.8 Å². The zero-order valence-corrected chi connectivity index (χ0v) is 9.42. The van der Waals surface area contributed by atoms with Gasteiger partial charge >= 0.3 is 0 Å². The first kappa shape index (κ1) is 9.53. The SMILES string of the molecule is CS(=O)(=O)c1ncc2c(Br)n[nH]c2n1. The van der Waals surface area contributed by atoms with Crippen LogP contribution in [0.5, 0.6) is 0 Å². The standard InChI is InChI=1S/C6H5BrN4O2S/c1-14(12,13)6-8-2-3-4(7)10-11-5(3)9-6/h2H,1H3,(H,8,9,10,11). The molecular formula is C6H5BrN4O2S. The summed E-state index contributed by atoms with van der Waals surface area (Å²) in [6.45, 7) is 0. The lowest BCUT2D eigenvalue weighted by Crippen LogP contribution is -2.03. The monoisotopic (exact) mass is 276 g/mol. The van der Waals surface area contributed by atoms with Crippen LogP contribution in [-0.2, 0) is 9.84 Å². The number of fused-ring (bicyclic) bond motifs is 1. The molecule has 0 aliphatic rings. The molecule has 2 aromatic heterocycles. The molecule has 2 heterocycles. The molecule has 0 spiro atoms. The third-order valence-electron chi connectivity index (χ3n) is 1.58. The Morgan fingerprint density at radius 1 is 1.50 bits per heavy atom. The lowest BCUT2D eigenvalue weighted by Gasteiger charge is -1.94. The normalized spacial score (nSPS) is 12.1. The highest BCUT2D eigenvalue weighted by Crippen LogP contribution is 2.18. The Morgan fingerprint density at radius 3 is 2.86 bits per heavy atom. The molecule has 0 aliphatic heterocycles. The number of sulfone groups is 1. The Hall–Kier alpha value is -1.02. The Balaban J connectivity index is 2.76. The quantitative estimate of drug-likeness (QED) is 0.767. The maximum Gasteiger partial charge on any atom is 0.248 e. The van der Waals surface area contributed by atoms with Crippen molar-refractivity contribution in [2.75, 3.05) is 6.26 Å². The van der Waals surface area contributed by atoms with E-state index in [1.54, 1.807) is 0 Å². The van der Waals surface area contributed by atoms with E-state index in [4.69, 9.17) is 0 Å². The molecule has 0 saturated heterocycles. The molecule has 14 heavy (non-hydrogen) atoms. The summed E-state index contributed by atoms with van der Waals surface area (Å²) >= 11 is 3.17. The van der Waals surface area contributed by atoms with Crippen molar-refractivity contribution in [2.24, 2.45) is 0 Å². The molecule has 0 atom stereocenters. The average molecular weight is 277 g/mol. The Kier molecular flexibility index (Phi) is 2.04. The summed E-state index contributed by atoms with van der Waals surface area (Å²) in [7, 11) is -3.37. The summed E-state index contributed by atoms with van der Waals surface area (Å²) in [4.78, 5) is 7.54. The van der Waals surface area contributed by atoms with E-state index in [1.807, 2.05) is 0 Å². The fourth-order valence-corrected chi connectivity index (χ4v) is 1.82. The number of nitrogens with zero attached hydrogens (tertiary/aromatic N) is 3. The van der Waals surface area contributed by atoms with E-state index in [1.165, 1.54) is 6.20 Å². The average Bonchev–Trinajstić information content (AvgIpc) is 2.46. The summed E-state index contributed by atoms with van der Waals surface area (Å²) in [5.41, 5.74) is 0.396. The van der Waals surface area contributed by atoms with Crippen molar-refractivity contribution in [1.82, 2.24) is 20.2 Å². The van der Waals surface area contributed by atoms with Crippen molar-refractivity contribution in [3.8, 4) is 0 Å². The molecule has 1 N–H and O–H groups in total. The van der Waals surface area contributed by atoms with Gasteiger partial charge in [-0.25, -0.2) is 13.4 Å². The van der Waals surface area contributed by atoms with Crippen molar-refractivity contribution >= 4 is 36.8 Å². The van der Waals surface area contributed by atoms with Gasteiger partial charge in [0.25, 0.3) is 0 Å². The van der Waals surface area contributed by atoms with Crippen LogP contribution in [0.1, 0.15) is 0 Å². The minimum Gasteiger partial charge on any atom is -0.260 e. The van der Waals surface area contributed by atoms with Crippen molar-refractivity contribution in [1.29, 1.82) is 0 Å². The molecule has 0 amide bonds. The molecule has 0 aromatic carbocycles. The van der Waals surface area contributed by atoms with Gasteiger partial charge in [-0.3, -0.25) is 5.10 Å². The fraction of sp³-hybridized carbons (Fsp3) is 0.167. The molecule has 2 aromatic rings. The summed E-state index contributed by atoms with van der Waals surface area (Å²) < 4.78 is 22.8. The number of aromatic nitrogens is 4. The first-order chi connectivity index (χ1) is 6.48. The van der Waals surface area contributed by atoms with Gasteiger partial charge < -0.3 is 0 Å². The van der Waals surface area contributed by atoms with Gasteiger partial charge in [0.05, 0.1) is 5.39 Å². The van der Waals surface area contributed by atoms with E-state index in [2.05, 4.69) is 36.1 Å². The zero-order chi connectivity index (χ0) is 10.3. The number of halogens is 1. The number of aromatic amines is 1. The molecule has 0 fully saturated rings. The minimum atomic E-state index is -3.37. The van der Waals surface area contributed by atoms with Gasteiger partial charge in [0.1, 0.15) is 4.60 Å². The van der Waals surface area contributed by atoms with E-state index < -0.39 is 9.84 Å². The Labute approximate surface area is 87.8 Å². The number of nitrogens with one attached hydrogen (secondary N) is 1. The second-order valence-electron chi connectivity index (χ2n) is 2.70. The summed E-state index contributed by atoms with van der Waals surface area (Å²) in [5.74, 6) is 0. The van der Waals surface area contributed by atoms with Gasteiger partial charge in [-0.15, -0.1) is 0 Å². The van der Waals surface area contributed by atoms with Crippen LogP contribution in [0.15, 0.2) is 16.0 Å². The second-order valence-corrected chi connectivity index (χ2v) is 5.36. The third-order valence-corrected chi connectivity index (χ3v) is 3.04. The van der Waals surface area contributed by atoms with E-state index in [-0.39, 0.29) is 5.16 Å². The number of hydrogen-bond acceptors (Lipinski definition) is 5. The zero-order valence-electron chi connectivity index (χ0n) is 7.02. The molecule has 0 saturated carbocycles. The smallest absolute Gasteiger partial charge is 0.248 e. The van der Waals surface area contributed by atoms with Crippen LogP contribution in [0, 0.1) is 0 Å². The number of H-pyrrole nitrogens is 1. The second kappa shape index (κ2) is 2.99. The van der Waals surface area contributed by atoms with E-state index in [0.29, 0.717) is 15.6 Å². The lowest BCUT2D eigenvalue weighted by molar-refractivity contribution is 0.593. The van der Waals surface area contributed by atoms with Gasteiger partial charge in [0.15, 0.2) is 5.65 Å². The molecule has 2 rings (SSSR count). The van der Waals surface area contributed by atoms with Crippen LogP contribution in [0.2, 0.25) is 0 Å². The highest BCUT2D eigenvalue weighted by Gasteiger charge is 2.13. The Morgan fingerprint density at radius 2 is 2.21 bits per heavy atom. The van der Waals surface area contributed by atoms with Crippen LogP contribution in [0.4, 0.5) is 0 Å². The fourth-order valence-electron chi connectivity index (χ4n) is 0.943. The predicted molar refractivity (Wildman–Crippen MR) is 52.5 cm³/mol. The van der Waals surface area contributed by atoms with Gasteiger partial charge in [0.2, 0.25) is 15.0 Å². The molecule has 8 heteroatoms. The number of rotatable bonds is 1. The first-order valence-electron chi connectivity index (χ1n) is 3.55. The van der Waals surface area contributed by atoms with Gasteiger partial charge in [-0.1, -0.05) is 0 Å². The van der Waals surface area contributed by atoms with Crippen LogP contribution >= 0.6 is 15.9 Å². The summed E-state index contributed by atoms with van der Waals surface area (Å²) in [6.07, 6.45) is 2.46. The van der Waals surface area contributed by atoms with Crippen LogP contribution < -0.4 is 0 Å². The maximum absolute atomic E-state index is 11.1. The Bertz CT molecular complexity index is 591. The molecular weight excluding hydrogens is 272 g/mol. The molecule has 74 valence electrons. The largest absolute Gasteiger partial charge is 0.260 e. The van der Waals surface area contributed by atoms with E-state index >= 15 is 0 Å². The van der Waals surface area contributed by atoms with Gasteiger partial charge in [-0.2, -0.15) is 10.1 Å². The lowest BCUT2D eigenvalue weighted by atomic mass is 10.5. The van der Waals surface area contributed by atoms with Crippen molar-refractivity contribution in [2.45, 2.75) is 5.16 Å². The van der Waals surface area contributed by atoms with Crippen molar-refractivity contribution < 1.29 is 8.42 Å². The van der Waals surface area contributed by atoms with Crippen molar-refractivity contribution in [3.63, 3.8) is 0 Å². The highest BCUT2D eigenvalue weighted by molar-refractivity contribution is 9.10. The molecule has 0 aliphatic carbocycles. The van der Waals surface area contributed by atoms with Crippen LogP contribution in [0.25, 0.3) is 11.0 Å². The molecule has 6 nitrogen and oxygen atoms in total. The molecule has 0 unspecified atom stereocenters. The highest BCUT2D eigenvalue weighted by atomic mass is 79.9. The first-order valence-corrected chi connectivity index (χ1v) is 6.23. The molecule has 0 radical (unpaired) electrons. The summed E-state index contributed by atoms with van der Waals surface area (Å²) in [5, 5.41) is 6.84. The van der Waals surface area contributed by atoms with Gasteiger partial charge in [0, 0.05) is 12.5 Å². The predicted octanol–water partition coefficient (Wildman–Crippen LogP) is 0.519. The van der Waals surface area contributed by atoms with E-state index in [0.717, 1.165) is 6.26 Å².